The molecule has 0 aromatic rings. The van der Waals surface area contributed by atoms with Gasteiger partial charge in [-0.3, -0.25) is 0 Å². The van der Waals surface area contributed by atoms with Crippen LogP contribution in [0.4, 0.5) is 0 Å². The molecule has 0 bridgehead atoms. The van der Waals surface area contributed by atoms with Crippen molar-refractivity contribution in [3.8, 4) is 0 Å². The fourth-order valence-corrected chi connectivity index (χ4v) is 0.581. The van der Waals surface area contributed by atoms with E-state index in [-0.39, 0.29) is 0 Å². The summed E-state index contributed by atoms with van der Waals surface area (Å²) in [7, 11) is 0. The molecule has 0 aromatic carbocycles. The Hall–Kier alpha value is -0.830. The molecule has 0 fully saturated rings. The summed E-state index contributed by atoms with van der Waals surface area (Å²) in [5.41, 5.74) is 6.26. The van der Waals surface area contributed by atoms with Crippen LogP contribution in [0.5, 0.6) is 0 Å². The largest absolute Gasteiger partial charge is 0.390 e. The van der Waals surface area contributed by atoms with E-state index in [2.05, 4.69) is 24.2 Å². The normalized spacial score (nSPS) is 13.3. The van der Waals surface area contributed by atoms with E-state index in [4.69, 9.17) is 5.73 Å². The number of hydrogen-bond donors (Lipinski definition) is 2. The van der Waals surface area contributed by atoms with E-state index in [1.807, 2.05) is 6.92 Å². The van der Waals surface area contributed by atoms with E-state index in [0.717, 1.165) is 6.54 Å². The van der Waals surface area contributed by atoms with Crippen LogP contribution in [0, 0.1) is 0 Å². The molecular formula is C8H17N3. The minimum atomic E-state index is 0.514. The van der Waals surface area contributed by atoms with E-state index in [1.165, 1.54) is 11.9 Å². The third-order valence-electron chi connectivity index (χ3n) is 1.17. The zero-order chi connectivity index (χ0) is 8.69. The van der Waals surface area contributed by atoms with Gasteiger partial charge < -0.3 is 11.1 Å². The summed E-state index contributed by atoms with van der Waals surface area (Å²) in [6.07, 6.45) is 3.05. The van der Waals surface area contributed by atoms with Gasteiger partial charge in [-0.25, -0.2) is 4.99 Å². The van der Waals surface area contributed by atoms with E-state index in [9.17, 15) is 0 Å². The van der Waals surface area contributed by atoms with Gasteiger partial charge in [0.2, 0.25) is 0 Å². The smallest absolute Gasteiger partial charge is 0.0852 e. The van der Waals surface area contributed by atoms with Crippen LogP contribution in [-0.2, 0) is 0 Å². The van der Waals surface area contributed by atoms with Gasteiger partial charge in [-0.2, -0.15) is 0 Å². The van der Waals surface area contributed by atoms with Gasteiger partial charge in [0.05, 0.1) is 6.34 Å². The Kier molecular flexibility index (Phi) is 5.47. The van der Waals surface area contributed by atoms with Crippen molar-refractivity contribution in [3.63, 3.8) is 0 Å². The quantitative estimate of drug-likeness (QED) is 0.467. The fourth-order valence-electron chi connectivity index (χ4n) is 0.581. The topological polar surface area (TPSA) is 50.4 Å². The summed E-state index contributed by atoms with van der Waals surface area (Å²) in [5.74, 6) is 0. The van der Waals surface area contributed by atoms with Crippen molar-refractivity contribution in [1.82, 2.24) is 5.32 Å². The first-order chi connectivity index (χ1) is 5.16. The summed E-state index contributed by atoms with van der Waals surface area (Å²) in [6.45, 7) is 7.11. The average molecular weight is 155 g/mol. The first-order valence-electron chi connectivity index (χ1n) is 3.79. The molecule has 0 radical (unpaired) electrons. The highest BCUT2D eigenvalue weighted by Gasteiger charge is 1.91. The second-order valence-corrected chi connectivity index (χ2v) is 2.81. The molecule has 0 amide bonds. The molecule has 64 valence electrons. The lowest BCUT2D eigenvalue weighted by Gasteiger charge is -2.06. The number of aliphatic imine (C=N–C) groups is 1. The van der Waals surface area contributed by atoms with E-state index in [0.29, 0.717) is 6.04 Å². The van der Waals surface area contributed by atoms with Gasteiger partial charge in [0, 0.05) is 18.8 Å². The summed E-state index contributed by atoms with van der Waals surface area (Å²) in [6, 6.07) is 0.514. The second kappa shape index (κ2) is 5.92. The van der Waals surface area contributed by atoms with Crippen LogP contribution < -0.4 is 11.1 Å². The first-order valence-corrected chi connectivity index (χ1v) is 3.79. The molecule has 0 aromatic heterocycles. The highest BCUT2D eigenvalue weighted by atomic mass is 14.9. The maximum absolute atomic E-state index is 5.08. The highest BCUT2D eigenvalue weighted by Crippen LogP contribution is 1.90. The zero-order valence-corrected chi connectivity index (χ0v) is 7.46. The molecule has 3 N–H and O–H groups in total. The molecule has 11 heavy (non-hydrogen) atoms. The molecular weight excluding hydrogens is 138 g/mol. The average Bonchev–Trinajstić information content (AvgIpc) is 1.97. The number of hydrogen-bond acceptors (Lipinski definition) is 2. The molecule has 0 spiro atoms. The van der Waals surface area contributed by atoms with Crippen molar-refractivity contribution in [3.05, 3.63) is 11.8 Å². The predicted molar refractivity (Wildman–Crippen MR) is 49.6 cm³/mol. The van der Waals surface area contributed by atoms with Crippen molar-refractivity contribution in [2.75, 3.05) is 6.54 Å². The van der Waals surface area contributed by atoms with Crippen molar-refractivity contribution < 1.29 is 0 Å². The van der Waals surface area contributed by atoms with Gasteiger partial charge in [-0.05, 0) is 12.5 Å². The lowest BCUT2D eigenvalue weighted by molar-refractivity contribution is 0.621. The Balaban J connectivity index is 3.59. The van der Waals surface area contributed by atoms with Gasteiger partial charge in [0.25, 0.3) is 0 Å². The van der Waals surface area contributed by atoms with Crippen molar-refractivity contribution >= 4 is 6.34 Å². The molecule has 0 unspecified atom stereocenters. The van der Waals surface area contributed by atoms with Crippen LogP contribution in [0.2, 0.25) is 0 Å². The highest BCUT2D eigenvalue weighted by molar-refractivity contribution is 5.52. The predicted octanol–water partition coefficient (Wildman–Crippen LogP) is 0.875. The molecule has 0 saturated heterocycles. The van der Waals surface area contributed by atoms with E-state index >= 15 is 0 Å². The summed E-state index contributed by atoms with van der Waals surface area (Å²) in [5, 5.41) is 3.27. The van der Waals surface area contributed by atoms with E-state index in [1.54, 1.807) is 6.20 Å². The molecule has 0 rings (SSSR count). The van der Waals surface area contributed by atoms with Crippen molar-refractivity contribution in [1.29, 1.82) is 0 Å². The lowest BCUT2D eigenvalue weighted by Crippen LogP contribution is -2.24. The molecule has 0 aliphatic rings. The van der Waals surface area contributed by atoms with Gasteiger partial charge in [0.15, 0.2) is 0 Å². The molecule has 0 atom stereocenters. The van der Waals surface area contributed by atoms with Crippen LogP contribution in [0.15, 0.2) is 16.8 Å². The summed E-state index contributed by atoms with van der Waals surface area (Å²) in [4.78, 5) is 3.80. The van der Waals surface area contributed by atoms with Crippen LogP contribution in [0.1, 0.15) is 20.8 Å². The fraction of sp³-hybridized carbons (Fsp3) is 0.625. The monoisotopic (exact) mass is 155 g/mol. The van der Waals surface area contributed by atoms with Crippen molar-refractivity contribution in [2.24, 2.45) is 10.7 Å². The Morgan fingerprint density at radius 2 is 2.27 bits per heavy atom. The van der Waals surface area contributed by atoms with Gasteiger partial charge >= 0.3 is 0 Å². The first kappa shape index (κ1) is 10.2. The molecule has 0 saturated carbocycles. The Morgan fingerprint density at radius 1 is 1.64 bits per heavy atom. The SMILES string of the molecule is C/C(=C\N=CN)CNC(C)C. The van der Waals surface area contributed by atoms with Crippen molar-refractivity contribution in [2.45, 2.75) is 26.8 Å². The molecule has 0 aliphatic heterocycles. The summed E-state index contributed by atoms with van der Waals surface area (Å²) >= 11 is 0. The third-order valence-corrected chi connectivity index (χ3v) is 1.17. The van der Waals surface area contributed by atoms with Gasteiger partial charge in [0.1, 0.15) is 0 Å². The molecule has 3 heteroatoms. The Bertz CT molecular complexity index is 147. The second-order valence-electron chi connectivity index (χ2n) is 2.81. The maximum Gasteiger partial charge on any atom is 0.0852 e. The van der Waals surface area contributed by atoms with Gasteiger partial charge in [-0.15, -0.1) is 0 Å². The number of nitrogens with two attached hydrogens (primary N) is 1. The zero-order valence-electron chi connectivity index (χ0n) is 7.46. The van der Waals surface area contributed by atoms with Crippen LogP contribution in [-0.4, -0.2) is 18.9 Å². The minimum absolute atomic E-state index is 0.514. The molecule has 0 aliphatic carbocycles. The third kappa shape index (κ3) is 7.06. The van der Waals surface area contributed by atoms with Gasteiger partial charge in [-0.1, -0.05) is 13.8 Å². The van der Waals surface area contributed by atoms with Crippen LogP contribution in [0.25, 0.3) is 0 Å². The lowest BCUT2D eigenvalue weighted by atomic mass is 10.3. The molecule has 3 nitrogen and oxygen atoms in total. The number of rotatable bonds is 4. The van der Waals surface area contributed by atoms with E-state index < -0.39 is 0 Å². The maximum atomic E-state index is 5.08. The molecule has 0 heterocycles. The van der Waals surface area contributed by atoms with Crippen LogP contribution >= 0.6 is 0 Å². The number of nitrogens with one attached hydrogen (secondary N) is 1. The standard InChI is InChI=1S/C8H17N3/c1-7(2)11-5-8(3)4-10-6-9/h4,6-7,11H,5H2,1-3H3,(H2,9,10)/b8-4+. The Labute approximate surface area is 68.4 Å². The summed E-state index contributed by atoms with van der Waals surface area (Å²) < 4.78 is 0. The number of nitrogens with zero attached hydrogens (tertiary/aromatic N) is 1. The van der Waals surface area contributed by atoms with Crippen LogP contribution in [0.3, 0.4) is 0 Å². The Morgan fingerprint density at radius 3 is 2.73 bits per heavy atom. The minimum Gasteiger partial charge on any atom is -0.390 e.